The van der Waals surface area contributed by atoms with Crippen molar-refractivity contribution in [2.24, 2.45) is 0 Å². The minimum absolute atomic E-state index is 0.332. The summed E-state index contributed by atoms with van der Waals surface area (Å²) in [6.07, 6.45) is 61.0. The van der Waals surface area contributed by atoms with E-state index in [0.29, 0.717) is 6.42 Å². The van der Waals surface area contributed by atoms with E-state index in [4.69, 9.17) is 5.11 Å². The minimum Gasteiger partial charge on any atom is -0.481 e. The third-order valence-electron chi connectivity index (χ3n) is 12.0. The Kier molecular flexibility index (Phi) is 47.1. The highest BCUT2D eigenvalue weighted by molar-refractivity contribution is 5.66. The minimum atomic E-state index is -0.643. The largest absolute Gasteiger partial charge is 0.481 e. The number of carbonyl (C=O) groups is 1. The zero-order valence-electron chi connectivity index (χ0n) is 37.0. The molecule has 0 aromatic carbocycles. The first-order valence-electron chi connectivity index (χ1n) is 25.1. The lowest BCUT2D eigenvalue weighted by Crippen LogP contribution is -2.27. The Morgan fingerprint density at radius 2 is 0.453 bits per heavy atom. The molecular weight excluding hydrogens is 647 g/mol. The molecule has 0 atom stereocenters. The van der Waals surface area contributed by atoms with Crippen LogP contribution < -0.4 is 0 Å². The Hall–Kier alpha value is -0.570. The maximum Gasteiger partial charge on any atom is 0.303 e. The number of hydrogen-bond acceptors (Lipinski definition) is 2. The third-order valence-corrected chi connectivity index (χ3v) is 12.0. The Morgan fingerprint density at radius 1 is 0.283 bits per heavy atom. The molecule has 0 aromatic heterocycles. The van der Waals surface area contributed by atoms with E-state index in [1.165, 1.54) is 270 Å². The predicted octanol–water partition coefficient (Wildman–Crippen LogP) is 17.6. The van der Waals surface area contributed by atoms with Gasteiger partial charge < -0.3 is 10.0 Å². The first kappa shape index (κ1) is 52.4. The van der Waals surface area contributed by atoms with Gasteiger partial charge in [0.25, 0.3) is 0 Å². The number of carboxylic acid groups (broad SMARTS) is 1. The first-order valence-corrected chi connectivity index (χ1v) is 25.1. The van der Waals surface area contributed by atoms with Crippen molar-refractivity contribution in [3.05, 3.63) is 0 Å². The van der Waals surface area contributed by atoms with Crippen LogP contribution in [0.25, 0.3) is 0 Å². The van der Waals surface area contributed by atoms with Crippen LogP contribution in [0.15, 0.2) is 0 Å². The Bertz CT molecular complexity index is 622. The lowest BCUT2D eigenvalue weighted by Gasteiger charge is -2.22. The lowest BCUT2D eigenvalue weighted by atomic mass is 10.0. The molecule has 0 spiro atoms. The Labute approximate surface area is 335 Å². The zero-order valence-corrected chi connectivity index (χ0v) is 37.0. The van der Waals surface area contributed by atoms with Crippen LogP contribution in [0.1, 0.15) is 296 Å². The zero-order chi connectivity index (χ0) is 38.4. The molecule has 1 N–H and O–H groups in total. The van der Waals surface area contributed by atoms with E-state index in [2.05, 4.69) is 18.7 Å². The molecule has 0 aliphatic rings. The van der Waals surface area contributed by atoms with E-state index in [0.717, 1.165) is 25.8 Å². The summed E-state index contributed by atoms with van der Waals surface area (Å²) in [5, 5.41) is 8.97. The van der Waals surface area contributed by atoms with Gasteiger partial charge in [-0.2, -0.15) is 0 Å². The maximum absolute atomic E-state index is 10.9. The number of carboxylic acids is 1. The number of rotatable bonds is 48. The van der Waals surface area contributed by atoms with Crippen molar-refractivity contribution < 1.29 is 9.90 Å². The van der Waals surface area contributed by atoms with E-state index in [1.54, 1.807) is 0 Å². The van der Waals surface area contributed by atoms with Crippen molar-refractivity contribution >= 4 is 5.97 Å². The van der Waals surface area contributed by atoms with E-state index < -0.39 is 5.97 Å². The topological polar surface area (TPSA) is 40.5 Å². The van der Waals surface area contributed by atoms with Crippen LogP contribution >= 0.6 is 0 Å². The van der Waals surface area contributed by atoms with Gasteiger partial charge in [-0.15, -0.1) is 0 Å². The summed E-state index contributed by atoms with van der Waals surface area (Å²) in [4.78, 5) is 13.6. The summed E-state index contributed by atoms with van der Waals surface area (Å²) in [7, 11) is 0. The van der Waals surface area contributed by atoms with Crippen LogP contribution in [0.4, 0.5) is 0 Å². The average molecular weight is 748 g/mol. The van der Waals surface area contributed by atoms with E-state index in [9.17, 15) is 4.79 Å². The van der Waals surface area contributed by atoms with Crippen molar-refractivity contribution in [3.8, 4) is 0 Å². The molecule has 3 heteroatoms. The van der Waals surface area contributed by atoms with Gasteiger partial charge in [-0.05, 0) is 45.3 Å². The van der Waals surface area contributed by atoms with Gasteiger partial charge in [0, 0.05) is 6.42 Å². The van der Waals surface area contributed by atoms with E-state index in [1.807, 2.05) is 0 Å². The summed E-state index contributed by atoms with van der Waals surface area (Å²) >= 11 is 0. The number of nitrogens with zero attached hydrogens (tertiary/aromatic N) is 1. The highest BCUT2D eigenvalue weighted by Crippen LogP contribution is 2.17. The molecule has 0 saturated heterocycles. The van der Waals surface area contributed by atoms with Gasteiger partial charge in [-0.1, -0.05) is 264 Å². The number of hydrogen-bond donors (Lipinski definition) is 1. The second-order valence-corrected chi connectivity index (χ2v) is 17.5. The van der Waals surface area contributed by atoms with E-state index in [-0.39, 0.29) is 0 Å². The summed E-state index contributed by atoms with van der Waals surface area (Å²) in [6, 6.07) is 0. The summed E-state index contributed by atoms with van der Waals surface area (Å²) in [5.41, 5.74) is 0. The lowest BCUT2D eigenvalue weighted by molar-refractivity contribution is -0.137. The second-order valence-electron chi connectivity index (χ2n) is 17.5. The number of aliphatic carboxylic acids is 1. The fourth-order valence-corrected chi connectivity index (χ4v) is 8.31. The summed E-state index contributed by atoms with van der Waals surface area (Å²) in [5.74, 6) is -0.643. The van der Waals surface area contributed by atoms with Gasteiger partial charge >= 0.3 is 5.97 Å². The fourth-order valence-electron chi connectivity index (χ4n) is 8.31. The molecule has 0 fully saturated rings. The Balaban J connectivity index is 3.67. The molecule has 0 aliphatic heterocycles. The highest BCUT2D eigenvalue weighted by atomic mass is 16.4. The molecular formula is C50H101NO2. The van der Waals surface area contributed by atoms with Gasteiger partial charge in [0.15, 0.2) is 0 Å². The molecule has 0 radical (unpaired) electrons. The molecule has 318 valence electrons. The van der Waals surface area contributed by atoms with Crippen LogP contribution in [-0.4, -0.2) is 35.6 Å². The quantitative estimate of drug-likeness (QED) is 0.0630. The van der Waals surface area contributed by atoms with Crippen molar-refractivity contribution in [1.29, 1.82) is 0 Å². The molecule has 0 saturated carbocycles. The summed E-state index contributed by atoms with van der Waals surface area (Å²) < 4.78 is 0. The van der Waals surface area contributed by atoms with Crippen LogP contribution in [0.3, 0.4) is 0 Å². The molecule has 0 bridgehead atoms. The SMILES string of the molecule is CCCCCCCCCCCCCCCCCCCCCCN(CCCCCCCCCCCCCCCCCCCCCC)CCCCCC(=O)O. The van der Waals surface area contributed by atoms with Gasteiger partial charge in [0.2, 0.25) is 0 Å². The molecule has 0 rings (SSSR count). The smallest absolute Gasteiger partial charge is 0.303 e. The monoisotopic (exact) mass is 748 g/mol. The number of unbranched alkanes of at least 4 members (excludes halogenated alkanes) is 40. The molecule has 53 heavy (non-hydrogen) atoms. The normalized spacial score (nSPS) is 11.7. The molecule has 3 nitrogen and oxygen atoms in total. The van der Waals surface area contributed by atoms with Crippen LogP contribution in [0.5, 0.6) is 0 Å². The van der Waals surface area contributed by atoms with Gasteiger partial charge in [-0.3, -0.25) is 4.79 Å². The van der Waals surface area contributed by atoms with E-state index >= 15 is 0 Å². The highest BCUT2D eigenvalue weighted by Gasteiger charge is 2.06. The van der Waals surface area contributed by atoms with Crippen LogP contribution in [0.2, 0.25) is 0 Å². The fraction of sp³-hybridized carbons (Fsp3) is 0.980. The van der Waals surface area contributed by atoms with Crippen molar-refractivity contribution in [2.45, 2.75) is 296 Å². The van der Waals surface area contributed by atoms with Crippen LogP contribution in [-0.2, 0) is 4.79 Å². The predicted molar refractivity (Wildman–Crippen MR) is 239 cm³/mol. The maximum atomic E-state index is 10.9. The molecule has 0 aromatic rings. The second kappa shape index (κ2) is 47.6. The third kappa shape index (κ3) is 47.5. The molecule has 0 amide bonds. The van der Waals surface area contributed by atoms with Crippen LogP contribution in [0, 0.1) is 0 Å². The van der Waals surface area contributed by atoms with Crippen molar-refractivity contribution in [2.75, 3.05) is 19.6 Å². The van der Waals surface area contributed by atoms with Crippen molar-refractivity contribution in [3.63, 3.8) is 0 Å². The first-order chi connectivity index (χ1) is 26.2. The summed E-state index contributed by atoms with van der Waals surface area (Å²) in [6.45, 7) is 8.27. The van der Waals surface area contributed by atoms with Gasteiger partial charge in [-0.25, -0.2) is 0 Å². The molecule has 0 unspecified atom stereocenters. The van der Waals surface area contributed by atoms with Gasteiger partial charge in [0.1, 0.15) is 0 Å². The van der Waals surface area contributed by atoms with Crippen molar-refractivity contribution in [1.82, 2.24) is 4.90 Å². The molecule has 0 heterocycles. The van der Waals surface area contributed by atoms with Gasteiger partial charge in [0.05, 0.1) is 0 Å². The molecule has 0 aliphatic carbocycles. The average Bonchev–Trinajstić information content (AvgIpc) is 3.15. The standard InChI is InChI=1S/C50H101NO2/c1-3-5-7-9-11-13-15-17-19-21-23-25-27-29-31-33-35-37-39-43-47-51(49-45-41-42-46-50(52)53)48-44-40-38-36-34-32-30-28-26-24-22-20-18-16-14-12-10-8-6-4-2/h3-49H2,1-2H3,(H,52,53). The Morgan fingerprint density at radius 3 is 0.642 bits per heavy atom.